The number of rotatable bonds is 76. The summed E-state index contributed by atoms with van der Waals surface area (Å²) in [5.41, 5.74) is 1.03. The Morgan fingerprint density at radius 3 is 0.638 bits per heavy atom. The molecule has 0 saturated heterocycles. The molecule has 0 spiro atoms. The van der Waals surface area contributed by atoms with Crippen LogP contribution in [0.3, 0.4) is 0 Å². The van der Waals surface area contributed by atoms with Gasteiger partial charge in [-0.1, -0.05) is 429 Å². The van der Waals surface area contributed by atoms with Crippen molar-refractivity contribution in [2.45, 2.75) is 437 Å². The van der Waals surface area contributed by atoms with E-state index >= 15 is 0 Å². The summed E-state index contributed by atoms with van der Waals surface area (Å²) in [5.74, 6) is 1.07. The van der Waals surface area contributed by atoms with Crippen molar-refractivity contribution in [1.29, 1.82) is 0 Å². The van der Waals surface area contributed by atoms with Crippen LogP contribution >= 0.6 is 23.5 Å². The van der Waals surface area contributed by atoms with Crippen LogP contribution in [0.1, 0.15) is 434 Å². The first kappa shape index (κ1) is 91.0. The summed E-state index contributed by atoms with van der Waals surface area (Å²) in [6.07, 6.45) is 74.5. The van der Waals surface area contributed by atoms with E-state index in [9.17, 15) is 30.0 Å². The van der Waals surface area contributed by atoms with Crippen LogP contribution in [0.5, 0.6) is 0 Å². The number of hydrogen-bond acceptors (Lipinski definition) is 10. The van der Waals surface area contributed by atoms with Gasteiger partial charge in [0, 0.05) is 61.9 Å². The highest BCUT2D eigenvalue weighted by molar-refractivity contribution is 8.14. The van der Waals surface area contributed by atoms with Gasteiger partial charge in [-0.2, -0.15) is 0 Å². The first-order valence-electron chi connectivity index (χ1n) is 41.7. The number of aliphatic hydroxyl groups is 4. The van der Waals surface area contributed by atoms with Gasteiger partial charge in [-0.05, 0) is 31.7 Å². The minimum absolute atomic E-state index is 0.0720. The Bertz CT molecular complexity index is 1530. The molecule has 0 heterocycles. The molecule has 0 aromatic heterocycles. The fraction of sp³-hybridized carbons (Fsp3) is 0.905. The Kier molecular flexibility index (Phi) is 69.6. The second kappa shape index (κ2) is 71.8. The molecule has 1 aromatic carbocycles. The Morgan fingerprint density at radius 2 is 0.457 bits per heavy atom. The van der Waals surface area contributed by atoms with Crippen LogP contribution in [-0.4, -0.2) is 116 Å². The third kappa shape index (κ3) is 62.1. The van der Waals surface area contributed by atoms with E-state index in [2.05, 4.69) is 37.5 Å². The van der Waals surface area contributed by atoms with Gasteiger partial charge in [0.15, 0.2) is 0 Å². The average molecular weight is 1360 g/mol. The molecule has 554 valence electrons. The van der Waals surface area contributed by atoms with Crippen molar-refractivity contribution in [3.63, 3.8) is 0 Å². The second-order valence-corrected chi connectivity index (χ2v) is 31.7. The van der Waals surface area contributed by atoms with Crippen LogP contribution in [-0.2, 0) is 0 Å². The maximum absolute atomic E-state index is 13.8. The third-order valence-electron chi connectivity index (χ3n) is 20.1. The lowest BCUT2D eigenvalue weighted by Crippen LogP contribution is -2.39. The zero-order chi connectivity index (χ0) is 68.1. The highest BCUT2D eigenvalue weighted by Gasteiger charge is 2.20. The smallest absolute Gasteiger partial charge is 0.219 e. The summed E-state index contributed by atoms with van der Waals surface area (Å²) in [7, 11) is 0. The number of thioether (sulfide) groups is 2. The molecule has 0 saturated carbocycles. The van der Waals surface area contributed by atoms with Gasteiger partial charge in [0.1, 0.15) is 0 Å². The molecule has 4 atom stereocenters. The largest absolute Gasteiger partial charge is 0.392 e. The summed E-state index contributed by atoms with van der Waals surface area (Å²) < 4.78 is 0. The molecule has 0 radical (unpaired) electrons. The molecule has 8 nitrogen and oxygen atoms in total. The summed E-state index contributed by atoms with van der Waals surface area (Å²) in [6.45, 7) is 12.3. The maximum Gasteiger partial charge on any atom is 0.219 e. The molecule has 4 N–H and O–H groups in total. The van der Waals surface area contributed by atoms with E-state index < -0.39 is 24.4 Å². The van der Waals surface area contributed by atoms with E-state index in [1.165, 1.54) is 332 Å². The lowest BCUT2D eigenvalue weighted by Gasteiger charge is -2.27. The topological polar surface area (TPSA) is 122 Å². The summed E-state index contributed by atoms with van der Waals surface area (Å²) in [6, 6.07) is 7.15. The number of aliphatic hydroxyl groups excluding tert-OH is 4. The van der Waals surface area contributed by atoms with E-state index in [0.717, 1.165) is 77.0 Å². The lowest BCUT2D eigenvalue weighted by atomic mass is 10.0. The van der Waals surface area contributed by atoms with Crippen LogP contribution in [0.2, 0.25) is 0 Å². The van der Waals surface area contributed by atoms with Gasteiger partial charge in [0.25, 0.3) is 0 Å². The molecule has 0 amide bonds. The number of nitrogens with zero attached hydrogens (tertiary/aromatic N) is 2. The highest BCUT2D eigenvalue weighted by Crippen LogP contribution is 2.23. The van der Waals surface area contributed by atoms with Crippen molar-refractivity contribution in [3.8, 4) is 0 Å². The van der Waals surface area contributed by atoms with Crippen molar-refractivity contribution in [3.05, 3.63) is 35.4 Å². The quantitative estimate of drug-likeness (QED) is 0.0469. The summed E-state index contributed by atoms with van der Waals surface area (Å²) in [4.78, 5) is 31.9. The first-order chi connectivity index (χ1) is 46.1. The predicted octanol–water partition coefficient (Wildman–Crippen LogP) is 25.0. The lowest BCUT2D eigenvalue weighted by molar-refractivity contribution is 0.0634. The number of carbonyl (C=O) groups excluding carboxylic acids is 2. The number of hydrogen-bond donors (Lipinski definition) is 4. The van der Waals surface area contributed by atoms with Gasteiger partial charge in [0.2, 0.25) is 10.2 Å². The van der Waals surface area contributed by atoms with Gasteiger partial charge in [-0.15, -0.1) is 0 Å². The Balaban J connectivity index is 2.76. The van der Waals surface area contributed by atoms with Crippen LogP contribution in [0.25, 0.3) is 0 Å². The monoisotopic (exact) mass is 1360 g/mol. The molecule has 0 bridgehead atoms. The predicted molar refractivity (Wildman–Crippen MR) is 417 cm³/mol. The van der Waals surface area contributed by atoms with Crippen molar-refractivity contribution < 1.29 is 30.0 Å². The van der Waals surface area contributed by atoms with Crippen molar-refractivity contribution in [2.75, 3.05) is 50.8 Å². The standard InChI is InChI=1S/C84H160N2O6S2/c1-5-9-13-17-21-25-29-33-37-41-45-49-53-57-64-79(87)73-85(74-80(88)65-58-54-50-46-42-38-34-30-26-22-18-14-10-6-2)68-70-93-83(91)77-62-61-63-78(72-77)84(92)94-71-69-86(75-81(89)66-59-55-51-47-43-39-35-31-27-23-19-15-11-7-3)76-82(90)67-60-56-52-48-44-40-36-32-28-24-20-16-12-8-4/h61-63,72,79-82,87-90H,5-60,64-71,73-76H2,1-4H3. The van der Waals surface area contributed by atoms with Crippen molar-refractivity contribution >= 4 is 33.8 Å². The molecular weight excluding hydrogens is 1200 g/mol. The van der Waals surface area contributed by atoms with Crippen LogP contribution in [0, 0.1) is 0 Å². The van der Waals surface area contributed by atoms with Crippen LogP contribution < -0.4 is 0 Å². The fourth-order valence-corrected chi connectivity index (χ4v) is 15.5. The number of benzene rings is 1. The summed E-state index contributed by atoms with van der Waals surface area (Å²) >= 11 is 2.52. The molecule has 0 fully saturated rings. The molecule has 10 heteroatoms. The molecule has 0 aliphatic carbocycles. The molecule has 1 rings (SSSR count). The van der Waals surface area contributed by atoms with Gasteiger partial charge in [0.05, 0.1) is 24.4 Å². The minimum atomic E-state index is -0.466. The van der Waals surface area contributed by atoms with E-state index in [1.54, 1.807) is 18.2 Å². The van der Waals surface area contributed by atoms with E-state index in [4.69, 9.17) is 0 Å². The normalized spacial score (nSPS) is 13.2. The molecule has 0 aliphatic heterocycles. The second-order valence-electron chi connectivity index (χ2n) is 29.5. The average Bonchev–Trinajstić information content (AvgIpc) is 1.16. The van der Waals surface area contributed by atoms with E-state index in [0.29, 0.717) is 61.9 Å². The van der Waals surface area contributed by atoms with E-state index in [-0.39, 0.29) is 10.2 Å². The zero-order valence-electron chi connectivity index (χ0n) is 63.0. The molecule has 94 heavy (non-hydrogen) atoms. The molecule has 1 aromatic rings. The van der Waals surface area contributed by atoms with Gasteiger partial charge in [-0.25, -0.2) is 0 Å². The third-order valence-corrected chi connectivity index (χ3v) is 21.8. The van der Waals surface area contributed by atoms with Crippen LogP contribution in [0.15, 0.2) is 24.3 Å². The molecule has 0 aliphatic rings. The molecular formula is C84H160N2O6S2. The molecule has 4 unspecified atom stereocenters. The van der Waals surface area contributed by atoms with E-state index in [1.807, 2.05) is 6.07 Å². The highest BCUT2D eigenvalue weighted by atomic mass is 32.2. The fourth-order valence-electron chi connectivity index (χ4n) is 13.8. The Hall–Kier alpha value is -0.980. The van der Waals surface area contributed by atoms with Gasteiger partial charge in [-0.3, -0.25) is 19.4 Å². The van der Waals surface area contributed by atoms with Gasteiger partial charge < -0.3 is 20.4 Å². The Morgan fingerprint density at radius 1 is 0.287 bits per heavy atom. The maximum atomic E-state index is 13.8. The SMILES string of the molecule is CCCCCCCCCCCCCCCCC(O)CN(CCSC(=O)c1cccc(C(=O)SCCN(CC(O)CCCCCCCCCCCCCCCC)CC(O)CCCCCCCCCCCCCCCC)c1)CC(O)CCCCCCCCCCCCCCCC. The number of carbonyl (C=O) groups is 2. The number of unbranched alkanes of at least 4 members (excludes halogenated alkanes) is 52. The summed E-state index contributed by atoms with van der Waals surface area (Å²) in [5, 5.41) is 45.1. The van der Waals surface area contributed by atoms with Crippen LogP contribution in [0.4, 0.5) is 0 Å². The zero-order valence-corrected chi connectivity index (χ0v) is 64.7. The van der Waals surface area contributed by atoms with Crippen molar-refractivity contribution in [2.24, 2.45) is 0 Å². The van der Waals surface area contributed by atoms with Crippen molar-refractivity contribution in [1.82, 2.24) is 9.80 Å². The van der Waals surface area contributed by atoms with Gasteiger partial charge >= 0.3 is 0 Å². The Labute approximate surface area is 593 Å². The minimum Gasteiger partial charge on any atom is -0.392 e. The first-order valence-corrected chi connectivity index (χ1v) is 43.7.